The van der Waals surface area contributed by atoms with E-state index < -0.39 is 23.1 Å². The summed E-state index contributed by atoms with van der Waals surface area (Å²) in [5.74, 6) is -1.34. The van der Waals surface area contributed by atoms with Crippen molar-refractivity contribution in [2.24, 2.45) is 5.41 Å². The maximum absolute atomic E-state index is 13.1. The molecule has 0 spiro atoms. The average Bonchev–Trinajstić information content (AvgIpc) is 2.92. The van der Waals surface area contributed by atoms with Gasteiger partial charge in [-0.15, -0.1) is 0 Å². The number of hydrogen-bond donors (Lipinski definition) is 1. The van der Waals surface area contributed by atoms with Crippen LogP contribution in [0.1, 0.15) is 32.4 Å². The molecular weight excluding hydrogens is 354 g/mol. The van der Waals surface area contributed by atoms with Crippen LogP contribution in [-0.2, 0) is 9.59 Å². The van der Waals surface area contributed by atoms with Crippen molar-refractivity contribution in [2.45, 2.75) is 26.8 Å². The first-order chi connectivity index (χ1) is 13.1. The van der Waals surface area contributed by atoms with Gasteiger partial charge >= 0.3 is 0 Å². The predicted molar refractivity (Wildman–Crippen MR) is 109 cm³/mol. The molecule has 0 radical (unpaired) electrons. The molecule has 1 aromatic carbocycles. The van der Waals surface area contributed by atoms with E-state index in [1.54, 1.807) is 45.3 Å². The highest BCUT2D eigenvalue weighted by Gasteiger charge is 2.46. The molecule has 1 atom stereocenters. The number of hydrogen-bond acceptors (Lipinski definition) is 5. The van der Waals surface area contributed by atoms with Crippen LogP contribution in [0.3, 0.4) is 0 Å². The van der Waals surface area contributed by atoms with Crippen LogP contribution in [0.5, 0.6) is 0 Å². The Morgan fingerprint density at radius 2 is 1.79 bits per heavy atom. The summed E-state index contributed by atoms with van der Waals surface area (Å²) in [6.45, 7) is 5.32. The largest absolute Gasteiger partial charge is 0.503 e. The van der Waals surface area contributed by atoms with Gasteiger partial charge in [-0.3, -0.25) is 19.5 Å². The molecule has 0 bridgehead atoms. The Labute approximate surface area is 165 Å². The summed E-state index contributed by atoms with van der Waals surface area (Å²) in [7, 11) is 3.86. The number of carbonyl (C=O) groups is 2. The van der Waals surface area contributed by atoms with Crippen LogP contribution in [-0.4, -0.2) is 35.9 Å². The highest BCUT2D eigenvalue weighted by Crippen LogP contribution is 2.43. The fraction of sp³-hybridized carbons (Fsp3) is 0.318. The molecule has 2 aromatic rings. The van der Waals surface area contributed by atoms with Crippen LogP contribution >= 0.6 is 0 Å². The lowest BCUT2D eigenvalue weighted by Crippen LogP contribution is -2.32. The van der Waals surface area contributed by atoms with Crippen molar-refractivity contribution >= 4 is 23.1 Å². The molecule has 0 fully saturated rings. The molecule has 146 valence electrons. The van der Waals surface area contributed by atoms with Crippen molar-refractivity contribution in [1.82, 2.24) is 4.98 Å². The highest BCUT2D eigenvalue weighted by atomic mass is 16.3. The number of rotatable bonds is 4. The monoisotopic (exact) mass is 379 g/mol. The third kappa shape index (κ3) is 3.38. The Kier molecular flexibility index (Phi) is 4.98. The molecule has 1 aliphatic heterocycles. The lowest BCUT2D eigenvalue weighted by Gasteiger charge is -2.29. The van der Waals surface area contributed by atoms with Gasteiger partial charge in [0.25, 0.3) is 5.91 Å². The Hall–Kier alpha value is -3.15. The van der Waals surface area contributed by atoms with Crippen LogP contribution in [0.2, 0.25) is 0 Å². The molecule has 1 aliphatic rings. The van der Waals surface area contributed by atoms with Gasteiger partial charge in [-0.2, -0.15) is 0 Å². The number of aromatic nitrogens is 1. The Morgan fingerprint density at radius 3 is 2.29 bits per heavy atom. The van der Waals surface area contributed by atoms with E-state index in [1.165, 1.54) is 4.90 Å². The van der Waals surface area contributed by atoms with Gasteiger partial charge in [0.2, 0.25) is 0 Å². The number of aliphatic hydroxyl groups is 1. The summed E-state index contributed by atoms with van der Waals surface area (Å²) in [5, 5.41) is 10.6. The maximum Gasteiger partial charge on any atom is 0.294 e. The van der Waals surface area contributed by atoms with Gasteiger partial charge in [-0.1, -0.05) is 26.8 Å². The minimum absolute atomic E-state index is 0.113. The molecule has 28 heavy (non-hydrogen) atoms. The Morgan fingerprint density at radius 1 is 1.14 bits per heavy atom. The first-order valence-electron chi connectivity index (χ1n) is 9.11. The zero-order chi connectivity index (χ0) is 20.6. The molecule has 6 heteroatoms. The predicted octanol–water partition coefficient (Wildman–Crippen LogP) is 3.66. The van der Waals surface area contributed by atoms with E-state index in [4.69, 9.17) is 0 Å². The number of Topliss-reactive ketones (excluding diaryl/α,β-unsaturated/α-hetero) is 1. The number of aliphatic hydroxyl groups excluding tert-OH is 1. The number of amides is 1. The fourth-order valence-corrected chi connectivity index (χ4v) is 3.27. The summed E-state index contributed by atoms with van der Waals surface area (Å²) < 4.78 is 0. The smallest absolute Gasteiger partial charge is 0.294 e. The minimum atomic E-state index is -0.741. The molecule has 1 unspecified atom stereocenters. The van der Waals surface area contributed by atoms with Crippen LogP contribution in [0, 0.1) is 5.41 Å². The van der Waals surface area contributed by atoms with Crippen LogP contribution in [0.4, 0.5) is 11.4 Å². The highest BCUT2D eigenvalue weighted by molar-refractivity contribution is 6.17. The van der Waals surface area contributed by atoms with Gasteiger partial charge in [0.15, 0.2) is 11.5 Å². The molecule has 3 rings (SSSR count). The molecule has 6 nitrogen and oxygen atoms in total. The number of benzene rings is 1. The lowest BCUT2D eigenvalue weighted by atomic mass is 9.82. The molecule has 1 aromatic heterocycles. The topological polar surface area (TPSA) is 73.7 Å². The number of ketones is 1. The van der Waals surface area contributed by atoms with E-state index in [0.717, 1.165) is 5.69 Å². The molecule has 1 N–H and O–H groups in total. The van der Waals surface area contributed by atoms with Gasteiger partial charge in [0.1, 0.15) is 0 Å². The van der Waals surface area contributed by atoms with Crippen molar-refractivity contribution in [3.05, 3.63) is 65.7 Å². The van der Waals surface area contributed by atoms with Crippen LogP contribution < -0.4 is 9.80 Å². The summed E-state index contributed by atoms with van der Waals surface area (Å²) >= 11 is 0. The third-order valence-electron chi connectivity index (χ3n) is 4.78. The van der Waals surface area contributed by atoms with Crippen LogP contribution in [0.15, 0.2) is 60.1 Å². The second-order valence-electron chi connectivity index (χ2n) is 8.12. The van der Waals surface area contributed by atoms with E-state index in [0.29, 0.717) is 11.3 Å². The minimum Gasteiger partial charge on any atom is -0.503 e. The molecule has 2 heterocycles. The first-order valence-corrected chi connectivity index (χ1v) is 9.11. The van der Waals surface area contributed by atoms with Crippen molar-refractivity contribution < 1.29 is 14.7 Å². The number of anilines is 2. The molecule has 0 aliphatic carbocycles. The van der Waals surface area contributed by atoms with Crippen molar-refractivity contribution in [1.29, 1.82) is 0 Å². The van der Waals surface area contributed by atoms with Crippen molar-refractivity contribution in [3.63, 3.8) is 0 Å². The molecule has 0 saturated carbocycles. The third-order valence-corrected chi connectivity index (χ3v) is 4.78. The van der Waals surface area contributed by atoms with E-state index in [1.807, 2.05) is 43.3 Å². The first kappa shape index (κ1) is 19.6. The van der Waals surface area contributed by atoms with Gasteiger partial charge < -0.3 is 10.0 Å². The second kappa shape index (κ2) is 7.11. The maximum atomic E-state index is 13.1. The zero-order valence-electron chi connectivity index (χ0n) is 16.8. The Bertz CT molecular complexity index is 926. The average molecular weight is 379 g/mol. The van der Waals surface area contributed by atoms with E-state index in [-0.39, 0.29) is 11.4 Å². The van der Waals surface area contributed by atoms with Crippen molar-refractivity contribution in [3.8, 4) is 0 Å². The number of carbonyl (C=O) groups excluding carboxylic acids is 2. The summed E-state index contributed by atoms with van der Waals surface area (Å²) in [4.78, 5) is 33.6. The molecular formula is C22H25N3O3. The SMILES string of the molecule is CN(C)c1ccc(N2C(=O)C(O)=C(C(=O)C(C)(C)C)C2c2cccnc2)cc1. The summed E-state index contributed by atoms with van der Waals surface area (Å²) in [6.07, 6.45) is 3.25. The second-order valence-corrected chi connectivity index (χ2v) is 8.12. The van der Waals surface area contributed by atoms with E-state index in [2.05, 4.69) is 4.98 Å². The standard InChI is InChI=1S/C22H25N3O3/c1-22(2,3)20(27)17-18(14-7-6-12-23-13-14)25(21(28)19(17)26)16-10-8-15(9-11-16)24(4)5/h6-13,18,26H,1-5H3. The molecule has 1 amide bonds. The van der Waals surface area contributed by atoms with Gasteiger partial charge in [0, 0.05) is 43.3 Å². The van der Waals surface area contributed by atoms with Gasteiger partial charge in [0.05, 0.1) is 11.6 Å². The Balaban J connectivity index is 2.15. The summed E-state index contributed by atoms with van der Waals surface area (Å²) in [6, 6.07) is 10.2. The van der Waals surface area contributed by atoms with E-state index in [9.17, 15) is 14.7 Å². The van der Waals surface area contributed by atoms with Gasteiger partial charge in [-0.05, 0) is 35.9 Å². The number of pyridine rings is 1. The quantitative estimate of drug-likeness (QED) is 0.877. The zero-order valence-corrected chi connectivity index (χ0v) is 16.8. The fourth-order valence-electron chi connectivity index (χ4n) is 3.27. The number of nitrogens with zero attached hydrogens (tertiary/aromatic N) is 3. The van der Waals surface area contributed by atoms with Crippen LogP contribution in [0.25, 0.3) is 0 Å². The normalized spacial score (nSPS) is 17.2. The van der Waals surface area contributed by atoms with Crippen molar-refractivity contribution in [2.75, 3.05) is 23.9 Å². The molecule has 0 saturated heterocycles. The lowest BCUT2D eigenvalue weighted by molar-refractivity contribution is -0.123. The summed E-state index contributed by atoms with van der Waals surface area (Å²) in [5.41, 5.74) is 1.63. The van der Waals surface area contributed by atoms with E-state index >= 15 is 0 Å². The van der Waals surface area contributed by atoms with Gasteiger partial charge in [-0.25, -0.2) is 0 Å².